The first-order valence-electron chi connectivity index (χ1n) is 7.24. The molecule has 25 heavy (non-hydrogen) atoms. The van der Waals surface area contributed by atoms with Gasteiger partial charge in [-0.05, 0) is 42.5 Å². The number of carbonyl (C=O) groups is 1. The summed E-state index contributed by atoms with van der Waals surface area (Å²) in [4.78, 5) is 12.1. The van der Waals surface area contributed by atoms with E-state index < -0.39 is 15.9 Å². The second kappa shape index (κ2) is 8.38. The molecule has 0 heterocycles. The predicted molar refractivity (Wildman–Crippen MR) is 101 cm³/mol. The quantitative estimate of drug-likeness (QED) is 0.756. The van der Waals surface area contributed by atoms with Gasteiger partial charge in [0, 0.05) is 22.3 Å². The van der Waals surface area contributed by atoms with Crippen LogP contribution in [0, 0.1) is 0 Å². The summed E-state index contributed by atoms with van der Waals surface area (Å²) in [5.41, 5.74) is 0.517. The Morgan fingerprint density at radius 1 is 1.04 bits per heavy atom. The zero-order chi connectivity index (χ0) is 18.6. The van der Waals surface area contributed by atoms with Crippen molar-refractivity contribution in [1.29, 1.82) is 0 Å². The number of likely N-dealkylation sites (N-methyl/N-ethyl adjacent to an activating group) is 1. The molecule has 0 aliphatic heterocycles. The number of benzene rings is 2. The van der Waals surface area contributed by atoms with Crippen LogP contribution in [0.1, 0.15) is 6.92 Å². The van der Waals surface area contributed by atoms with Crippen LogP contribution in [-0.4, -0.2) is 31.7 Å². The van der Waals surface area contributed by atoms with Crippen molar-refractivity contribution in [1.82, 2.24) is 4.31 Å². The zero-order valence-electron chi connectivity index (χ0n) is 13.2. The van der Waals surface area contributed by atoms with Gasteiger partial charge < -0.3 is 5.32 Å². The van der Waals surface area contributed by atoms with Crippen molar-refractivity contribution < 1.29 is 13.2 Å². The monoisotopic (exact) mass is 420 g/mol. The molecule has 0 aliphatic carbocycles. The second-order valence-electron chi connectivity index (χ2n) is 5.06. The summed E-state index contributed by atoms with van der Waals surface area (Å²) in [6.07, 6.45) is 0. The van der Waals surface area contributed by atoms with E-state index in [1.165, 1.54) is 18.2 Å². The van der Waals surface area contributed by atoms with Crippen molar-refractivity contribution in [3.05, 3.63) is 57.5 Å². The van der Waals surface area contributed by atoms with Gasteiger partial charge in [0.2, 0.25) is 15.9 Å². The molecular weight excluding hydrogens is 407 g/mol. The van der Waals surface area contributed by atoms with E-state index in [9.17, 15) is 13.2 Å². The molecule has 0 unspecified atom stereocenters. The first-order valence-corrected chi connectivity index (χ1v) is 9.82. The average molecular weight is 422 g/mol. The maximum absolute atomic E-state index is 12.8. The van der Waals surface area contributed by atoms with Crippen LogP contribution in [0.15, 0.2) is 47.4 Å². The van der Waals surface area contributed by atoms with Crippen molar-refractivity contribution in [3.8, 4) is 0 Å². The van der Waals surface area contributed by atoms with Gasteiger partial charge in [0.1, 0.15) is 4.90 Å². The number of hydrogen-bond donors (Lipinski definition) is 1. The van der Waals surface area contributed by atoms with Gasteiger partial charge in [-0.3, -0.25) is 4.79 Å². The summed E-state index contributed by atoms with van der Waals surface area (Å²) in [5.74, 6) is -0.481. The molecule has 134 valence electrons. The Morgan fingerprint density at radius 3 is 2.24 bits per heavy atom. The molecule has 9 heteroatoms. The second-order valence-corrected chi connectivity index (χ2v) is 8.25. The van der Waals surface area contributed by atoms with Gasteiger partial charge >= 0.3 is 0 Å². The van der Waals surface area contributed by atoms with Crippen molar-refractivity contribution in [2.45, 2.75) is 11.8 Å². The Balaban J connectivity index is 2.19. The lowest BCUT2D eigenvalue weighted by molar-refractivity contribution is -0.116. The van der Waals surface area contributed by atoms with Crippen LogP contribution in [-0.2, 0) is 14.8 Å². The van der Waals surface area contributed by atoms with E-state index in [1.54, 1.807) is 31.2 Å². The third-order valence-electron chi connectivity index (χ3n) is 3.31. The maximum atomic E-state index is 12.8. The van der Waals surface area contributed by atoms with Gasteiger partial charge in [-0.1, -0.05) is 41.7 Å². The fourth-order valence-corrected chi connectivity index (χ4v) is 4.34. The van der Waals surface area contributed by atoms with Gasteiger partial charge in [0.15, 0.2) is 0 Å². The van der Waals surface area contributed by atoms with E-state index in [0.717, 1.165) is 4.31 Å². The minimum Gasteiger partial charge on any atom is -0.325 e. The van der Waals surface area contributed by atoms with Gasteiger partial charge in [0.05, 0.1) is 11.6 Å². The number of halogens is 3. The van der Waals surface area contributed by atoms with Crippen LogP contribution in [0.3, 0.4) is 0 Å². The minimum absolute atomic E-state index is 0.0426. The molecule has 1 amide bonds. The van der Waals surface area contributed by atoms with Crippen LogP contribution in [0.5, 0.6) is 0 Å². The molecule has 2 aromatic rings. The van der Waals surface area contributed by atoms with Crippen molar-refractivity contribution in [2.75, 3.05) is 18.4 Å². The number of carbonyl (C=O) groups excluding carboxylic acids is 1. The van der Waals surface area contributed by atoms with E-state index in [0.29, 0.717) is 10.7 Å². The van der Waals surface area contributed by atoms with E-state index in [2.05, 4.69) is 5.32 Å². The first kappa shape index (κ1) is 20.0. The van der Waals surface area contributed by atoms with Crippen molar-refractivity contribution in [3.63, 3.8) is 0 Å². The Kier molecular flexibility index (Phi) is 6.71. The molecule has 0 aliphatic rings. The predicted octanol–water partition coefficient (Wildman–Crippen LogP) is 4.30. The molecule has 2 aromatic carbocycles. The Bertz CT molecular complexity index is 871. The molecule has 0 bridgehead atoms. The Morgan fingerprint density at radius 2 is 1.64 bits per heavy atom. The highest BCUT2D eigenvalue weighted by atomic mass is 35.5. The summed E-state index contributed by atoms with van der Waals surface area (Å²) in [5, 5.41) is 3.44. The SMILES string of the molecule is CCN(CC(=O)Nc1ccc(Cl)cc1)S(=O)(=O)c1cc(Cl)ccc1Cl. The third-order valence-corrected chi connectivity index (χ3v) is 6.20. The highest BCUT2D eigenvalue weighted by molar-refractivity contribution is 7.89. The third kappa shape index (κ3) is 5.09. The molecule has 0 saturated heterocycles. The Hall–Kier alpha value is -1.31. The van der Waals surface area contributed by atoms with Crippen LogP contribution in [0.2, 0.25) is 15.1 Å². The van der Waals surface area contributed by atoms with Crippen LogP contribution >= 0.6 is 34.8 Å². The maximum Gasteiger partial charge on any atom is 0.245 e. The molecule has 2 rings (SSSR count). The van der Waals surface area contributed by atoms with E-state index in [-0.39, 0.29) is 28.0 Å². The highest BCUT2D eigenvalue weighted by Gasteiger charge is 2.27. The largest absolute Gasteiger partial charge is 0.325 e. The van der Waals surface area contributed by atoms with E-state index in [4.69, 9.17) is 34.8 Å². The number of amides is 1. The smallest absolute Gasteiger partial charge is 0.245 e. The lowest BCUT2D eigenvalue weighted by Gasteiger charge is -2.21. The fraction of sp³-hybridized carbons (Fsp3) is 0.188. The molecule has 1 N–H and O–H groups in total. The van der Waals surface area contributed by atoms with Crippen molar-refractivity contribution >= 4 is 56.4 Å². The molecule has 0 atom stereocenters. The van der Waals surface area contributed by atoms with Crippen LogP contribution < -0.4 is 5.32 Å². The van der Waals surface area contributed by atoms with Gasteiger partial charge in [-0.2, -0.15) is 4.31 Å². The molecule has 5 nitrogen and oxygen atoms in total. The lowest BCUT2D eigenvalue weighted by atomic mass is 10.3. The van der Waals surface area contributed by atoms with E-state index in [1.807, 2.05) is 0 Å². The standard InChI is InChI=1S/C16H15Cl3N2O3S/c1-2-21(10-16(22)20-13-6-3-11(17)4-7-13)25(23,24)15-9-12(18)5-8-14(15)19/h3-9H,2,10H2,1H3,(H,20,22). The summed E-state index contributed by atoms with van der Waals surface area (Å²) >= 11 is 17.6. The number of sulfonamides is 1. The lowest BCUT2D eigenvalue weighted by Crippen LogP contribution is -2.38. The Labute approximate surface area is 161 Å². The summed E-state index contributed by atoms with van der Waals surface area (Å²) in [6.45, 7) is 1.37. The molecule has 0 spiro atoms. The normalized spacial score (nSPS) is 11.6. The van der Waals surface area contributed by atoms with Crippen LogP contribution in [0.25, 0.3) is 0 Å². The number of hydrogen-bond acceptors (Lipinski definition) is 3. The highest BCUT2D eigenvalue weighted by Crippen LogP contribution is 2.27. The summed E-state index contributed by atoms with van der Waals surface area (Å²) in [7, 11) is -3.96. The molecule has 0 radical (unpaired) electrons. The number of anilines is 1. The van der Waals surface area contributed by atoms with Gasteiger partial charge in [-0.25, -0.2) is 8.42 Å². The zero-order valence-corrected chi connectivity index (χ0v) is 16.3. The molecule has 0 saturated carbocycles. The fourth-order valence-electron chi connectivity index (χ4n) is 2.07. The number of nitrogens with one attached hydrogen (secondary N) is 1. The molecule has 0 aromatic heterocycles. The number of rotatable bonds is 6. The minimum atomic E-state index is -3.96. The van der Waals surface area contributed by atoms with Gasteiger partial charge in [0.25, 0.3) is 0 Å². The van der Waals surface area contributed by atoms with E-state index >= 15 is 0 Å². The average Bonchev–Trinajstić information content (AvgIpc) is 2.56. The topological polar surface area (TPSA) is 66.5 Å². The first-order chi connectivity index (χ1) is 11.7. The molecular formula is C16H15Cl3N2O3S. The van der Waals surface area contributed by atoms with Crippen LogP contribution in [0.4, 0.5) is 5.69 Å². The van der Waals surface area contributed by atoms with Gasteiger partial charge in [-0.15, -0.1) is 0 Å². The summed E-state index contributed by atoms with van der Waals surface area (Å²) in [6, 6.07) is 10.6. The summed E-state index contributed by atoms with van der Waals surface area (Å²) < 4.78 is 26.5. The molecule has 0 fully saturated rings. The van der Waals surface area contributed by atoms with Crippen molar-refractivity contribution in [2.24, 2.45) is 0 Å². The number of nitrogens with zero attached hydrogens (tertiary/aromatic N) is 1.